The Morgan fingerprint density at radius 3 is 2.91 bits per heavy atom. The molecule has 0 aromatic rings. The zero-order valence-electron chi connectivity index (χ0n) is 6.42. The standard InChI is InChI=1S/C7H11N3O/c1-9-6-2-3-10-7(11)5(6)4-8/h4H,2-3,8H2,1H3,(H,10,11). The fourth-order valence-corrected chi connectivity index (χ4v) is 1.06. The van der Waals surface area contributed by atoms with Crippen molar-refractivity contribution in [1.29, 1.82) is 0 Å². The van der Waals surface area contributed by atoms with Crippen molar-refractivity contribution in [2.45, 2.75) is 6.42 Å². The highest BCUT2D eigenvalue weighted by molar-refractivity contribution is 6.23. The number of nitrogens with zero attached hydrogens (tertiary/aromatic N) is 1. The van der Waals surface area contributed by atoms with Gasteiger partial charge in [0.1, 0.15) is 0 Å². The van der Waals surface area contributed by atoms with Gasteiger partial charge in [0.2, 0.25) is 0 Å². The lowest BCUT2D eigenvalue weighted by molar-refractivity contribution is -0.117. The van der Waals surface area contributed by atoms with Crippen LogP contribution < -0.4 is 11.1 Å². The third-order valence-electron chi connectivity index (χ3n) is 1.64. The number of rotatable bonds is 0. The highest BCUT2D eigenvalue weighted by Crippen LogP contribution is 2.05. The molecule has 0 spiro atoms. The summed E-state index contributed by atoms with van der Waals surface area (Å²) in [6, 6.07) is 0. The predicted octanol–water partition coefficient (Wildman–Crippen LogP) is -0.580. The Hall–Kier alpha value is -1.32. The highest BCUT2D eigenvalue weighted by atomic mass is 16.1. The maximum Gasteiger partial charge on any atom is 0.254 e. The molecule has 1 fully saturated rings. The minimum absolute atomic E-state index is 0.126. The first kappa shape index (κ1) is 7.78. The minimum Gasteiger partial charge on any atom is -0.404 e. The van der Waals surface area contributed by atoms with Gasteiger partial charge in [-0.2, -0.15) is 0 Å². The molecule has 1 aliphatic heterocycles. The van der Waals surface area contributed by atoms with E-state index >= 15 is 0 Å². The van der Waals surface area contributed by atoms with Crippen molar-refractivity contribution in [3.8, 4) is 0 Å². The summed E-state index contributed by atoms with van der Waals surface area (Å²) in [6.45, 7) is 0.656. The Bertz CT molecular complexity index is 230. The fraction of sp³-hybridized carbons (Fsp3) is 0.429. The third-order valence-corrected chi connectivity index (χ3v) is 1.64. The van der Waals surface area contributed by atoms with Crippen molar-refractivity contribution in [3.63, 3.8) is 0 Å². The van der Waals surface area contributed by atoms with Crippen molar-refractivity contribution in [2.24, 2.45) is 10.7 Å². The van der Waals surface area contributed by atoms with Crippen molar-refractivity contribution >= 4 is 11.6 Å². The van der Waals surface area contributed by atoms with Crippen LogP contribution in [0.2, 0.25) is 0 Å². The second kappa shape index (κ2) is 3.18. The van der Waals surface area contributed by atoms with Gasteiger partial charge in [0.15, 0.2) is 0 Å². The molecule has 4 heteroatoms. The summed E-state index contributed by atoms with van der Waals surface area (Å²) < 4.78 is 0. The van der Waals surface area contributed by atoms with Crippen molar-refractivity contribution < 1.29 is 4.79 Å². The molecular weight excluding hydrogens is 142 g/mol. The first-order valence-electron chi connectivity index (χ1n) is 3.45. The monoisotopic (exact) mass is 153 g/mol. The molecule has 1 saturated heterocycles. The van der Waals surface area contributed by atoms with E-state index in [0.717, 1.165) is 12.1 Å². The van der Waals surface area contributed by atoms with Crippen LogP contribution in [0.15, 0.2) is 16.8 Å². The second-order valence-electron chi connectivity index (χ2n) is 2.26. The third kappa shape index (κ3) is 1.39. The Kier molecular flexibility index (Phi) is 2.25. The summed E-state index contributed by atoms with van der Waals surface area (Å²) in [4.78, 5) is 15.0. The van der Waals surface area contributed by atoms with E-state index in [1.165, 1.54) is 6.20 Å². The number of amides is 1. The van der Waals surface area contributed by atoms with E-state index in [9.17, 15) is 4.79 Å². The van der Waals surface area contributed by atoms with Crippen LogP contribution in [0.4, 0.5) is 0 Å². The predicted molar refractivity (Wildman–Crippen MR) is 43.3 cm³/mol. The second-order valence-corrected chi connectivity index (χ2v) is 2.26. The van der Waals surface area contributed by atoms with Gasteiger partial charge in [-0.3, -0.25) is 9.79 Å². The van der Waals surface area contributed by atoms with Crippen molar-refractivity contribution in [3.05, 3.63) is 11.8 Å². The van der Waals surface area contributed by atoms with Gasteiger partial charge in [-0.1, -0.05) is 0 Å². The molecule has 0 unspecified atom stereocenters. The number of nitrogens with two attached hydrogens (primary N) is 1. The molecule has 0 aromatic carbocycles. The number of carbonyl (C=O) groups is 1. The van der Waals surface area contributed by atoms with Crippen molar-refractivity contribution in [1.82, 2.24) is 5.32 Å². The average Bonchev–Trinajstić information content (AvgIpc) is 2.04. The van der Waals surface area contributed by atoms with E-state index in [4.69, 9.17) is 5.73 Å². The lowest BCUT2D eigenvalue weighted by Gasteiger charge is -2.15. The first-order chi connectivity index (χ1) is 5.29. The number of nitrogens with one attached hydrogen (secondary N) is 1. The zero-order chi connectivity index (χ0) is 8.27. The topological polar surface area (TPSA) is 67.5 Å². The van der Waals surface area contributed by atoms with Crippen LogP contribution in [0.3, 0.4) is 0 Å². The van der Waals surface area contributed by atoms with Crippen LogP contribution >= 0.6 is 0 Å². The van der Waals surface area contributed by atoms with Crippen LogP contribution in [0, 0.1) is 0 Å². The largest absolute Gasteiger partial charge is 0.404 e. The van der Waals surface area contributed by atoms with Crippen LogP contribution in [0.5, 0.6) is 0 Å². The van der Waals surface area contributed by atoms with Gasteiger partial charge in [-0.05, 0) is 0 Å². The Morgan fingerprint density at radius 2 is 2.45 bits per heavy atom. The summed E-state index contributed by atoms with van der Waals surface area (Å²) in [6.07, 6.45) is 2.07. The van der Waals surface area contributed by atoms with Gasteiger partial charge >= 0.3 is 0 Å². The molecule has 0 aliphatic carbocycles. The van der Waals surface area contributed by atoms with Gasteiger partial charge in [-0.15, -0.1) is 0 Å². The Labute approximate surface area is 65.2 Å². The van der Waals surface area contributed by atoms with E-state index in [0.29, 0.717) is 12.1 Å². The number of aliphatic imine (C=N–C) groups is 1. The molecule has 60 valence electrons. The molecule has 11 heavy (non-hydrogen) atoms. The number of hydrogen-bond donors (Lipinski definition) is 2. The molecule has 1 amide bonds. The molecule has 0 atom stereocenters. The summed E-state index contributed by atoms with van der Waals surface area (Å²) >= 11 is 0. The fourth-order valence-electron chi connectivity index (χ4n) is 1.06. The first-order valence-corrected chi connectivity index (χ1v) is 3.45. The smallest absolute Gasteiger partial charge is 0.254 e. The lowest BCUT2D eigenvalue weighted by Crippen LogP contribution is -2.36. The van der Waals surface area contributed by atoms with E-state index < -0.39 is 0 Å². The van der Waals surface area contributed by atoms with Crippen LogP contribution in [0.25, 0.3) is 0 Å². The van der Waals surface area contributed by atoms with E-state index in [1.807, 2.05) is 0 Å². The molecular formula is C7H11N3O. The normalized spacial score (nSPS) is 25.7. The Balaban J connectivity index is 2.90. The maximum atomic E-state index is 11.1. The lowest BCUT2D eigenvalue weighted by atomic mass is 10.0. The van der Waals surface area contributed by atoms with Gasteiger partial charge in [0.25, 0.3) is 5.91 Å². The molecule has 0 aromatic heterocycles. The number of hydrogen-bond acceptors (Lipinski definition) is 3. The van der Waals surface area contributed by atoms with Gasteiger partial charge in [0.05, 0.1) is 11.3 Å². The minimum atomic E-state index is -0.126. The summed E-state index contributed by atoms with van der Waals surface area (Å²) in [7, 11) is 1.66. The number of piperidine rings is 1. The Morgan fingerprint density at radius 1 is 1.73 bits per heavy atom. The molecule has 0 saturated carbocycles. The summed E-state index contributed by atoms with van der Waals surface area (Å²) in [5.41, 5.74) is 6.54. The molecule has 4 nitrogen and oxygen atoms in total. The van der Waals surface area contributed by atoms with E-state index in [2.05, 4.69) is 10.3 Å². The number of carbonyl (C=O) groups excluding carboxylic acids is 1. The molecule has 1 rings (SSSR count). The summed E-state index contributed by atoms with van der Waals surface area (Å²) in [5, 5.41) is 2.68. The zero-order valence-corrected chi connectivity index (χ0v) is 6.42. The van der Waals surface area contributed by atoms with Crippen LogP contribution in [-0.4, -0.2) is 25.2 Å². The van der Waals surface area contributed by atoms with Gasteiger partial charge in [-0.25, -0.2) is 0 Å². The quantitative estimate of drug-likeness (QED) is 0.457. The van der Waals surface area contributed by atoms with E-state index in [-0.39, 0.29) is 5.91 Å². The SMILES string of the molecule is CN=C1CCNC(=O)C1=CN. The molecule has 0 bridgehead atoms. The molecule has 1 aliphatic rings. The average molecular weight is 153 g/mol. The highest BCUT2D eigenvalue weighted by Gasteiger charge is 2.19. The molecule has 3 N–H and O–H groups in total. The van der Waals surface area contributed by atoms with E-state index in [1.54, 1.807) is 7.05 Å². The van der Waals surface area contributed by atoms with Crippen LogP contribution in [0.1, 0.15) is 6.42 Å². The van der Waals surface area contributed by atoms with Gasteiger partial charge in [0, 0.05) is 26.2 Å². The molecule has 1 heterocycles. The summed E-state index contributed by atoms with van der Waals surface area (Å²) in [5.74, 6) is -0.126. The van der Waals surface area contributed by atoms with Crippen molar-refractivity contribution in [2.75, 3.05) is 13.6 Å². The molecule has 0 radical (unpaired) electrons. The maximum absolute atomic E-state index is 11.1. The van der Waals surface area contributed by atoms with Crippen LogP contribution in [-0.2, 0) is 4.79 Å². The van der Waals surface area contributed by atoms with Gasteiger partial charge < -0.3 is 11.1 Å².